The van der Waals surface area contributed by atoms with E-state index in [9.17, 15) is 9.50 Å². The van der Waals surface area contributed by atoms with E-state index in [-0.39, 0.29) is 19.0 Å². The summed E-state index contributed by atoms with van der Waals surface area (Å²) in [6.07, 6.45) is 0.322. The highest BCUT2D eigenvalue weighted by Gasteiger charge is 2.04. The van der Waals surface area contributed by atoms with Crippen molar-refractivity contribution < 1.29 is 19.3 Å². The molecule has 2 aromatic rings. The maximum Gasteiger partial charge on any atom is 0.135 e. The van der Waals surface area contributed by atoms with Gasteiger partial charge in [0.25, 0.3) is 0 Å². The zero-order chi connectivity index (χ0) is 15.1. The van der Waals surface area contributed by atoms with Crippen molar-refractivity contribution in [3.05, 3.63) is 59.4 Å². The highest BCUT2D eigenvalue weighted by molar-refractivity contribution is 5.46. The van der Waals surface area contributed by atoms with Crippen LogP contribution in [0.15, 0.2) is 42.5 Å². The van der Waals surface area contributed by atoms with Gasteiger partial charge < -0.3 is 14.9 Å². The Kier molecular flexibility index (Phi) is 5.19. The number of phenols is 1. The van der Waals surface area contributed by atoms with Gasteiger partial charge in [-0.25, -0.2) is 4.39 Å². The zero-order valence-corrected chi connectivity index (χ0v) is 11.3. The molecule has 108 valence electrons. The molecule has 0 aromatic heterocycles. The summed E-state index contributed by atoms with van der Waals surface area (Å²) in [7, 11) is 0. The van der Waals surface area contributed by atoms with Crippen LogP contribution in [0.3, 0.4) is 0 Å². The van der Waals surface area contributed by atoms with Crippen LogP contribution in [0.2, 0.25) is 0 Å². The fourth-order valence-electron chi connectivity index (χ4n) is 1.75. The fraction of sp³-hybridized carbons (Fsp3) is 0.176. The van der Waals surface area contributed by atoms with Crippen molar-refractivity contribution in [3.63, 3.8) is 0 Å². The fourth-order valence-corrected chi connectivity index (χ4v) is 1.75. The lowest BCUT2D eigenvalue weighted by molar-refractivity contribution is 0.303. The van der Waals surface area contributed by atoms with Crippen LogP contribution in [0.5, 0.6) is 11.5 Å². The smallest absolute Gasteiger partial charge is 0.135 e. The molecule has 0 aliphatic rings. The average molecular weight is 286 g/mol. The number of ether oxygens (including phenoxy) is 1. The predicted molar refractivity (Wildman–Crippen MR) is 77.4 cm³/mol. The van der Waals surface area contributed by atoms with Crippen LogP contribution in [0.4, 0.5) is 4.39 Å². The molecule has 4 heteroatoms. The molecule has 0 saturated carbocycles. The van der Waals surface area contributed by atoms with Crippen LogP contribution in [0, 0.1) is 17.7 Å². The van der Waals surface area contributed by atoms with Gasteiger partial charge in [0.15, 0.2) is 0 Å². The minimum Gasteiger partial charge on any atom is -0.508 e. The maximum atomic E-state index is 13.3. The standard InChI is InChI=1S/C17H15FO3/c18-15-7-8-17(14(11-15)5-1-2-9-19)21-12-13-4-3-6-16(20)10-13/h3-4,6-8,10-11,19-20H,2,9,12H2. The van der Waals surface area contributed by atoms with E-state index in [1.807, 2.05) is 6.07 Å². The summed E-state index contributed by atoms with van der Waals surface area (Å²) in [6, 6.07) is 10.8. The van der Waals surface area contributed by atoms with Gasteiger partial charge in [0.05, 0.1) is 12.2 Å². The van der Waals surface area contributed by atoms with E-state index in [1.54, 1.807) is 18.2 Å². The zero-order valence-electron chi connectivity index (χ0n) is 11.3. The van der Waals surface area contributed by atoms with Crippen molar-refractivity contribution in [2.24, 2.45) is 0 Å². The van der Waals surface area contributed by atoms with Gasteiger partial charge in [0, 0.05) is 6.42 Å². The number of aromatic hydroxyl groups is 1. The number of aliphatic hydroxyl groups is 1. The first-order valence-electron chi connectivity index (χ1n) is 6.49. The third-order valence-electron chi connectivity index (χ3n) is 2.71. The van der Waals surface area contributed by atoms with Crippen LogP contribution in [0.1, 0.15) is 17.5 Å². The van der Waals surface area contributed by atoms with Gasteiger partial charge in [-0.05, 0) is 35.9 Å². The number of rotatable bonds is 4. The normalized spacial score (nSPS) is 9.81. The van der Waals surface area contributed by atoms with E-state index in [2.05, 4.69) is 11.8 Å². The molecule has 0 aliphatic heterocycles. The summed E-state index contributed by atoms with van der Waals surface area (Å²) < 4.78 is 18.9. The molecule has 0 radical (unpaired) electrons. The van der Waals surface area contributed by atoms with Gasteiger partial charge in [0.2, 0.25) is 0 Å². The number of hydrogen-bond acceptors (Lipinski definition) is 3. The molecule has 2 N–H and O–H groups in total. The topological polar surface area (TPSA) is 49.7 Å². The molecule has 2 rings (SSSR count). The van der Waals surface area contributed by atoms with Crippen molar-refractivity contribution in [2.45, 2.75) is 13.0 Å². The van der Waals surface area contributed by atoms with E-state index in [0.717, 1.165) is 5.56 Å². The molecule has 0 fully saturated rings. The third kappa shape index (κ3) is 4.51. The second-order valence-electron chi connectivity index (χ2n) is 4.37. The van der Waals surface area contributed by atoms with Crippen LogP contribution in [0.25, 0.3) is 0 Å². The summed E-state index contributed by atoms with van der Waals surface area (Å²) >= 11 is 0. The van der Waals surface area contributed by atoms with Crippen LogP contribution < -0.4 is 4.74 Å². The lowest BCUT2D eigenvalue weighted by Crippen LogP contribution is -1.97. The molecule has 0 atom stereocenters. The van der Waals surface area contributed by atoms with Crippen LogP contribution in [-0.4, -0.2) is 16.8 Å². The van der Waals surface area contributed by atoms with Gasteiger partial charge in [0.1, 0.15) is 23.9 Å². The van der Waals surface area contributed by atoms with Gasteiger partial charge in [-0.15, -0.1) is 0 Å². The first-order chi connectivity index (χ1) is 10.2. The summed E-state index contributed by atoms with van der Waals surface area (Å²) in [5.41, 5.74) is 1.23. The Balaban J connectivity index is 2.14. The third-order valence-corrected chi connectivity index (χ3v) is 2.71. The highest BCUT2D eigenvalue weighted by atomic mass is 19.1. The lowest BCUT2D eigenvalue weighted by atomic mass is 10.2. The molecule has 21 heavy (non-hydrogen) atoms. The lowest BCUT2D eigenvalue weighted by Gasteiger charge is -2.09. The molecule has 2 aromatic carbocycles. The second kappa shape index (κ2) is 7.32. The number of aliphatic hydroxyl groups excluding tert-OH is 1. The number of hydrogen-bond donors (Lipinski definition) is 2. The SMILES string of the molecule is OCCC#Cc1cc(F)ccc1OCc1cccc(O)c1. The quantitative estimate of drug-likeness (QED) is 0.850. The van der Waals surface area contributed by atoms with E-state index >= 15 is 0 Å². The van der Waals surface area contributed by atoms with Crippen molar-refractivity contribution in [1.29, 1.82) is 0 Å². The number of benzene rings is 2. The largest absolute Gasteiger partial charge is 0.508 e. The minimum absolute atomic E-state index is 0.0399. The first kappa shape index (κ1) is 14.9. The Morgan fingerprint density at radius 2 is 2.00 bits per heavy atom. The molecule has 0 aliphatic carbocycles. The summed E-state index contributed by atoms with van der Waals surface area (Å²) in [5.74, 6) is 5.75. The predicted octanol–water partition coefficient (Wildman–Crippen LogP) is 2.84. The minimum atomic E-state index is -0.395. The Bertz CT molecular complexity index is 671. The van der Waals surface area contributed by atoms with Crippen molar-refractivity contribution >= 4 is 0 Å². The highest BCUT2D eigenvalue weighted by Crippen LogP contribution is 2.21. The number of halogens is 1. The van der Waals surface area contributed by atoms with Gasteiger partial charge >= 0.3 is 0 Å². The van der Waals surface area contributed by atoms with Gasteiger partial charge in [-0.1, -0.05) is 24.0 Å². The Morgan fingerprint density at radius 1 is 1.14 bits per heavy atom. The Labute approximate surface area is 122 Å². The van der Waals surface area contributed by atoms with Crippen molar-refractivity contribution in [1.82, 2.24) is 0 Å². The Morgan fingerprint density at radius 3 is 2.76 bits per heavy atom. The van der Waals surface area contributed by atoms with E-state index in [0.29, 0.717) is 17.7 Å². The van der Waals surface area contributed by atoms with E-state index < -0.39 is 5.82 Å². The summed E-state index contributed by atoms with van der Waals surface area (Å²) in [4.78, 5) is 0. The Hall–Kier alpha value is -2.51. The molecule has 3 nitrogen and oxygen atoms in total. The second-order valence-corrected chi connectivity index (χ2v) is 4.37. The molecule has 0 amide bonds. The summed E-state index contributed by atoms with van der Waals surface area (Å²) in [5, 5.41) is 18.1. The molecule has 0 heterocycles. The number of phenolic OH excluding ortho intramolecular Hbond substituents is 1. The monoisotopic (exact) mass is 286 g/mol. The summed E-state index contributed by atoms with van der Waals surface area (Å²) in [6.45, 7) is 0.205. The molecular formula is C17H15FO3. The average Bonchev–Trinajstić information content (AvgIpc) is 2.47. The molecular weight excluding hydrogens is 271 g/mol. The van der Waals surface area contributed by atoms with E-state index in [4.69, 9.17) is 9.84 Å². The first-order valence-corrected chi connectivity index (χ1v) is 6.49. The molecule has 0 saturated heterocycles. The van der Waals surface area contributed by atoms with Crippen molar-refractivity contribution in [3.8, 4) is 23.3 Å². The molecule has 0 spiro atoms. The van der Waals surface area contributed by atoms with Gasteiger partial charge in [-0.2, -0.15) is 0 Å². The molecule has 0 unspecified atom stereocenters. The van der Waals surface area contributed by atoms with Gasteiger partial charge in [-0.3, -0.25) is 0 Å². The van der Waals surface area contributed by atoms with Crippen LogP contribution >= 0.6 is 0 Å². The molecule has 0 bridgehead atoms. The van der Waals surface area contributed by atoms with E-state index in [1.165, 1.54) is 18.2 Å². The van der Waals surface area contributed by atoms with Crippen LogP contribution in [-0.2, 0) is 6.61 Å². The maximum absolute atomic E-state index is 13.3. The van der Waals surface area contributed by atoms with Crippen molar-refractivity contribution in [2.75, 3.05) is 6.61 Å².